The van der Waals surface area contributed by atoms with Crippen molar-refractivity contribution in [3.05, 3.63) is 23.8 Å². The molecule has 2 rings (SSSR count). The fourth-order valence-electron chi connectivity index (χ4n) is 2.81. The second-order valence-corrected chi connectivity index (χ2v) is 8.41. The zero-order valence-electron chi connectivity index (χ0n) is 15.1. The van der Waals surface area contributed by atoms with Gasteiger partial charge >= 0.3 is 0 Å². The number of amides is 2. The first-order valence-corrected chi connectivity index (χ1v) is 9.21. The average Bonchev–Trinajstić information content (AvgIpc) is 2.46. The van der Waals surface area contributed by atoms with Crippen LogP contribution in [-0.4, -0.2) is 48.6 Å². The van der Waals surface area contributed by atoms with E-state index in [2.05, 4.69) is 29.4 Å². The Balaban J connectivity index is 2.11. The molecule has 5 nitrogen and oxygen atoms in total. The van der Waals surface area contributed by atoms with E-state index in [1.807, 2.05) is 33.2 Å². The summed E-state index contributed by atoms with van der Waals surface area (Å²) < 4.78 is 0. The minimum atomic E-state index is -0.104. The number of hydrogen-bond donors (Lipinski definition) is 2. The van der Waals surface area contributed by atoms with Gasteiger partial charge in [-0.15, -0.1) is 11.8 Å². The van der Waals surface area contributed by atoms with Crippen molar-refractivity contribution in [1.29, 1.82) is 0 Å². The number of thioether (sulfide) groups is 1. The van der Waals surface area contributed by atoms with Gasteiger partial charge < -0.3 is 15.5 Å². The van der Waals surface area contributed by atoms with Gasteiger partial charge in [0.1, 0.15) is 0 Å². The summed E-state index contributed by atoms with van der Waals surface area (Å²) in [4.78, 5) is 27.5. The summed E-state index contributed by atoms with van der Waals surface area (Å²) in [6, 6.07) is 5.61. The Morgan fingerprint density at radius 2 is 2.08 bits per heavy atom. The predicted octanol–water partition coefficient (Wildman–Crippen LogP) is 2.83. The molecule has 1 aromatic carbocycles. The standard InChI is InChI=1S/C18H27N3O2S/c1-11(2)8-14(10-21(4)5)19-18(23)13-6-7-16-15(9-13)20-17(22)12(3)24-16/h6-7,9,11-12,14H,8,10H2,1-5H3,(H,19,23)(H,20,22)/t12-,14+/m1/s1. The Labute approximate surface area is 148 Å². The number of hydrogen-bond acceptors (Lipinski definition) is 4. The highest BCUT2D eigenvalue weighted by Gasteiger charge is 2.24. The van der Waals surface area contributed by atoms with Crippen molar-refractivity contribution >= 4 is 29.3 Å². The van der Waals surface area contributed by atoms with Gasteiger partial charge in [0.15, 0.2) is 0 Å². The summed E-state index contributed by atoms with van der Waals surface area (Å²) in [5, 5.41) is 5.89. The number of rotatable bonds is 6. The molecular weight excluding hydrogens is 322 g/mol. The van der Waals surface area contributed by atoms with Gasteiger partial charge in [-0.1, -0.05) is 13.8 Å². The van der Waals surface area contributed by atoms with Crippen LogP contribution in [0.15, 0.2) is 23.1 Å². The van der Waals surface area contributed by atoms with Crippen LogP contribution in [-0.2, 0) is 4.79 Å². The van der Waals surface area contributed by atoms with E-state index in [1.54, 1.807) is 6.07 Å². The number of benzene rings is 1. The van der Waals surface area contributed by atoms with Crippen LogP contribution in [0.5, 0.6) is 0 Å². The van der Waals surface area contributed by atoms with Crippen molar-refractivity contribution in [2.75, 3.05) is 26.0 Å². The number of nitrogens with one attached hydrogen (secondary N) is 2. The smallest absolute Gasteiger partial charge is 0.251 e. The molecular formula is C18H27N3O2S. The lowest BCUT2D eigenvalue weighted by Crippen LogP contribution is -2.42. The monoisotopic (exact) mass is 349 g/mol. The predicted molar refractivity (Wildman–Crippen MR) is 99.7 cm³/mol. The lowest BCUT2D eigenvalue weighted by Gasteiger charge is -2.25. The van der Waals surface area contributed by atoms with E-state index in [0.717, 1.165) is 23.5 Å². The topological polar surface area (TPSA) is 61.4 Å². The molecule has 1 aliphatic rings. The second kappa shape index (κ2) is 8.03. The van der Waals surface area contributed by atoms with Crippen LogP contribution in [0.25, 0.3) is 0 Å². The van der Waals surface area contributed by atoms with E-state index in [1.165, 1.54) is 11.8 Å². The van der Waals surface area contributed by atoms with E-state index in [-0.39, 0.29) is 23.1 Å². The largest absolute Gasteiger partial charge is 0.348 e. The number of carbonyl (C=O) groups excluding carboxylic acids is 2. The molecule has 0 bridgehead atoms. The number of likely N-dealkylation sites (N-methyl/N-ethyl adjacent to an activating group) is 1. The van der Waals surface area contributed by atoms with Crippen LogP contribution in [0, 0.1) is 5.92 Å². The molecule has 0 fully saturated rings. The van der Waals surface area contributed by atoms with Gasteiger partial charge in [0.05, 0.1) is 10.9 Å². The maximum Gasteiger partial charge on any atom is 0.251 e. The van der Waals surface area contributed by atoms with Gasteiger partial charge in [0.2, 0.25) is 5.91 Å². The molecule has 1 aromatic rings. The van der Waals surface area contributed by atoms with Crippen LogP contribution in [0.4, 0.5) is 5.69 Å². The highest BCUT2D eigenvalue weighted by Crippen LogP contribution is 2.35. The molecule has 0 aliphatic carbocycles. The fourth-order valence-corrected chi connectivity index (χ4v) is 3.74. The van der Waals surface area contributed by atoms with E-state index < -0.39 is 0 Å². The molecule has 132 valence electrons. The minimum absolute atomic E-state index is 0.0182. The normalized spacial score (nSPS) is 18.3. The fraction of sp³-hybridized carbons (Fsp3) is 0.556. The van der Waals surface area contributed by atoms with Crippen LogP contribution < -0.4 is 10.6 Å². The van der Waals surface area contributed by atoms with Crippen LogP contribution in [0.2, 0.25) is 0 Å². The molecule has 0 saturated carbocycles. The summed E-state index contributed by atoms with van der Waals surface area (Å²) in [6.07, 6.45) is 0.930. The van der Waals surface area contributed by atoms with Gasteiger partial charge in [0.25, 0.3) is 5.91 Å². The molecule has 0 unspecified atom stereocenters. The zero-order chi connectivity index (χ0) is 17.9. The Morgan fingerprint density at radius 3 is 2.71 bits per heavy atom. The Bertz CT molecular complexity index is 606. The maximum atomic E-state index is 12.6. The van der Waals surface area contributed by atoms with Crippen molar-refractivity contribution < 1.29 is 9.59 Å². The van der Waals surface area contributed by atoms with E-state index >= 15 is 0 Å². The Hall–Kier alpha value is -1.53. The summed E-state index contributed by atoms with van der Waals surface area (Å²) >= 11 is 1.52. The third-order valence-corrected chi connectivity index (χ3v) is 5.03. The maximum absolute atomic E-state index is 12.6. The summed E-state index contributed by atoms with van der Waals surface area (Å²) in [5.41, 5.74) is 1.31. The highest BCUT2D eigenvalue weighted by molar-refractivity contribution is 8.00. The van der Waals surface area contributed by atoms with E-state index in [4.69, 9.17) is 0 Å². The number of carbonyl (C=O) groups is 2. The van der Waals surface area contributed by atoms with Crippen molar-refractivity contribution in [3.63, 3.8) is 0 Å². The lowest BCUT2D eigenvalue weighted by atomic mass is 10.0. The molecule has 0 aromatic heterocycles. The number of anilines is 1. The van der Waals surface area contributed by atoms with Gasteiger partial charge in [-0.2, -0.15) is 0 Å². The average molecular weight is 350 g/mol. The number of nitrogens with zero attached hydrogens (tertiary/aromatic N) is 1. The second-order valence-electron chi connectivity index (χ2n) is 7.02. The zero-order valence-corrected chi connectivity index (χ0v) is 15.9. The van der Waals surface area contributed by atoms with Gasteiger partial charge in [-0.05, 0) is 51.6 Å². The quantitative estimate of drug-likeness (QED) is 0.829. The van der Waals surface area contributed by atoms with Crippen LogP contribution in [0.3, 0.4) is 0 Å². The molecule has 2 atom stereocenters. The molecule has 0 radical (unpaired) electrons. The van der Waals surface area contributed by atoms with Gasteiger partial charge in [0, 0.05) is 23.0 Å². The third-order valence-electron chi connectivity index (χ3n) is 3.85. The molecule has 2 N–H and O–H groups in total. The van der Waals surface area contributed by atoms with Crippen LogP contribution in [0.1, 0.15) is 37.6 Å². The van der Waals surface area contributed by atoms with Crippen molar-refractivity contribution in [3.8, 4) is 0 Å². The lowest BCUT2D eigenvalue weighted by molar-refractivity contribution is -0.115. The first-order valence-electron chi connectivity index (χ1n) is 8.33. The molecule has 1 aliphatic heterocycles. The Morgan fingerprint density at radius 1 is 1.38 bits per heavy atom. The first kappa shape index (κ1) is 18.8. The Kier molecular flexibility index (Phi) is 6.29. The van der Waals surface area contributed by atoms with Gasteiger partial charge in [-0.25, -0.2) is 0 Å². The van der Waals surface area contributed by atoms with Crippen molar-refractivity contribution in [1.82, 2.24) is 10.2 Å². The van der Waals surface area contributed by atoms with E-state index in [0.29, 0.717) is 11.5 Å². The third kappa shape index (κ3) is 4.98. The molecule has 6 heteroatoms. The molecule has 2 amide bonds. The SMILES string of the molecule is CC(C)C[C@@H](CN(C)C)NC(=O)c1ccc2c(c1)NC(=O)[C@@H](C)S2. The molecule has 1 heterocycles. The molecule has 0 saturated heterocycles. The summed E-state index contributed by atoms with van der Waals surface area (Å²) in [7, 11) is 4.01. The first-order chi connectivity index (χ1) is 11.3. The molecule has 24 heavy (non-hydrogen) atoms. The molecule has 0 spiro atoms. The van der Waals surface area contributed by atoms with Crippen molar-refractivity contribution in [2.45, 2.75) is 43.4 Å². The van der Waals surface area contributed by atoms with Gasteiger partial charge in [-0.3, -0.25) is 9.59 Å². The minimum Gasteiger partial charge on any atom is -0.348 e. The van der Waals surface area contributed by atoms with Crippen molar-refractivity contribution in [2.24, 2.45) is 5.92 Å². The summed E-state index contributed by atoms with van der Waals surface area (Å²) in [6.45, 7) is 6.99. The summed E-state index contributed by atoms with van der Waals surface area (Å²) in [5.74, 6) is 0.398. The highest BCUT2D eigenvalue weighted by atomic mass is 32.2. The number of fused-ring (bicyclic) bond motifs is 1. The van der Waals surface area contributed by atoms with Crippen LogP contribution >= 0.6 is 11.8 Å². The van der Waals surface area contributed by atoms with E-state index in [9.17, 15) is 9.59 Å².